The van der Waals surface area contributed by atoms with E-state index in [1.54, 1.807) is 6.07 Å². The first-order chi connectivity index (χ1) is 7.31. The Bertz CT molecular complexity index is 458. The van der Waals surface area contributed by atoms with Crippen LogP contribution in [0, 0.1) is 5.82 Å². The lowest BCUT2D eigenvalue weighted by Crippen LogP contribution is -1.92. The molecule has 2 rings (SSSR count). The second-order valence-corrected chi connectivity index (χ2v) is 2.81. The van der Waals surface area contributed by atoms with Gasteiger partial charge in [0, 0.05) is 29.7 Å². The zero-order valence-electron chi connectivity index (χ0n) is 8.01. The summed E-state index contributed by atoms with van der Waals surface area (Å²) in [4.78, 5) is 11.5. The van der Waals surface area contributed by atoms with Crippen molar-refractivity contribution in [1.82, 2.24) is 15.0 Å². The molecule has 0 radical (unpaired) electrons. The highest BCUT2D eigenvalue weighted by Gasteiger charge is 2.05. The molecule has 2 aromatic heterocycles. The second-order valence-electron chi connectivity index (χ2n) is 2.81. The van der Waals surface area contributed by atoms with Crippen LogP contribution in [0.1, 0.15) is 0 Å². The zero-order chi connectivity index (χ0) is 10.7. The lowest BCUT2D eigenvalue weighted by molar-refractivity contribution is 0.380. The van der Waals surface area contributed by atoms with Gasteiger partial charge in [0.15, 0.2) is 0 Å². The molecular formula is C10H8FN3O. The highest BCUT2D eigenvalue weighted by atomic mass is 19.1. The number of halogens is 1. The molecule has 0 saturated heterocycles. The van der Waals surface area contributed by atoms with E-state index in [-0.39, 0.29) is 6.01 Å². The van der Waals surface area contributed by atoms with Crippen LogP contribution in [-0.2, 0) is 0 Å². The van der Waals surface area contributed by atoms with Crippen LogP contribution in [0.5, 0.6) is 6.01 Å². The number of hydrogen-bond donors (Lipinski definition) is 0. The summed E-state index contributed by atoms with van der Waals surface area (Å²) in [5.41, 5.74) is 1.02. The molecule has 2 aromatic rings. The normalized spacial score (nSPS) is 10.0. The summed E-state index contributed by atoms with van der Waals surface area (Å²) in [6, 6.07) is 1.83. The Morgan fingerprint density at radius 2 is 1.93 bits per heavy atom. The molecule has 0 spiro atoms. The van der Waals surface area contributed by atoms with E-state index in [0.717, 1.165) is 6.20 Å². The number of pyridine rings is 1. The van der Waals surface area contributed by atoms with Crippen LogP contribution in [0.2, 0.25) is 0 Å². The van der Waals surface area contributed by atoms with Crippen LogP contribution >= 0.6 is 0 Å². The van der Waals surface area contributed by atoms with Crippen molar-refractivity contribution < 1.29 is 9.13 Å². The minimum absolute atomic E-state index is 0.258. The Hall–Kier alpha value is -2.04. The van der Waals surface area contributed by atoms with Gasteiger partial charge in [-0.25, -0.2) is 14.4 Å². The Kier molecular flexibility index (Phi) is 2.53. The number of ether oxygens (including phenoxy) is 1. The van der Waals surface area contributed by atoms with E-state index in [0.29, 0.717) is 11.1 Å². The molecular weight excluding hydrogens is 197 g/mol. The van der Waals surface area contributed by atoms with E-state index in [9.17, 15) is 4.39 Å². The third-order valence-corrected chi connectivity index (χ3v) is 1.89. The molecule has 0 fully saturated rings. The van der Waals surface area contributed by atoms with Crippen molar-refractivity contribution in [3.63, 3.8) is 0 Å². The largest absolute Gasteiger partial charge is 0.467 e. The predicted octanol–water partition coefficient (Wildman–Crippen LogP) is 1.69. The topological polar surface area (TPSA) is 47.9 Å². The standard InChI is InChI=1S/C10H8FN3O/c1-15-10-13-4-7(5-14-10)8-2-3-12-6-9(8)11/h2-6H,1H3. The highest BCUT2D eigenvalue weighted by Crippen LogP contribution is 2.20. The van der Waals surface area contributed by atoms with Crippen molar-refractivity contribution in [2.45, 2.75) is 0 Å². The van der Waals surface area contributed by atoms with Gasteiger partial charge < -0.3 is 4.74 Å². The summed E-state index contributed by atoms with van der Waals surface area (Å²) in [7, 11) is 1.47. The number of rotatable bonds is 2. The molecule has 76 valence electrons. The second kappa shape index (κ2) is 4.00. The van der Waals surface area contributed by atoms with E-state index >= 15 is 0 Å². The summed E-state index contributed by atoms with van der Waals surface area (Å²) in [6.07, 6.45) is 5.68. The molecule has 0 aliphatic carbocycles. The fraction of sp³-hybridized carbons (Fsp3) is 0.100. The monoisotopic (exact) mass is 205 g/mol. The molecule has 0 bridgehead atoms. The molecule has 0 aliphatic heterocycles. The molecule has 5 heteroatoms. The van der Waals surface area contributed by atoms with Crippen LogP contribution in [0.3, 0.4) is 0 Å². The summed E-state index contributed by atoms with van der Waals surface area (Å²) in [5, 5.41) is 0. The molecule has 0 aromatic carbocycles. The van der Waals surface area contributed by atoms with Gasteiger partial charge in [-0.15, -0.1) is 0 Å². The van der Waals surface area contributed by atoms with Crippen molar-refractivity contribution in [3.8, 4) is 17.1 Å². The van der Waals surface area contributed by atoms with Gasteiger partial charge in [-0.05, 0) is 6.07 Å². The van der Waals surface area contributed by atoms with E-state index in [4.69, 9.17) is 4.74 Å². The van der Waals surface area contributed by atoms with E-state index in [2.05, 4.69) is 15.0 Å². The number of methoxy groups -OCH3 is 1. The van der Waals surface area contributed by atoms with Crippen molar-refractivity contribution in [2.75, 3.05) is 7.11 Å². The van der Waals surface area contributed by atoms with Gasteiger partial charge in [-0.1, -0.05) is 0 Å². The van der Waals surface area contributed by atoms with Crippen LogP contribution in [0.4, 0.5) is 4.39 Å². The van der Waals surface area contributed by atoms with Gasteiger partial charge in [-0.2, -0.15) is 0 Å². The van der Waals surface area contributed by atoms with Crippen LogP contribution in [-0.4, -0.2) is 22.1 Å². The molecule has 0 unspecified atom stereocenters. The van der Waals surface area contributed by atoms with Crippen LogP contribution in [0.15, 0.2) is 30.9 Å². The fourth-order valence-corrected chi connectivity index (χ4v) is 1.17. The van der Waals surface area contributed by atoms with Gasteiger partial charge in [-0.3, -0.25) is 4.98 Å². The van der Waals surface area contributed by atoms with Crippen molar-refractivity contribution in [3.05, 3.63) is 36.7 Å². The smallest absolute Gasteiger partial charge is 0.316 e. The SMILES string of the molecule is COc1ncc(-c2ccncc2F)cn1. The highest BCUT2D eigenvalue weighted by molar-refractivity contribution is 5.61. The summed E-state index contributed by atoms with van der Waals surface area (Å²) in [5.74, 6) is -0.397. The molecule has 0 aliphatic rings. The molecule has 0 saturated carbocycles. The minimum atomic E-state index is -0.397. The maximum Gasteiger partial charge on any atom is 0.316 e. The number of aromatic nitrogens is 3. The van der Waals surface area contributed by atoms with Gasteiger partial charge in [0.2, 0.25) is 0 Å². The first-order valence-electron chi connectivity index (χ1n) is 4.27. The Labute approximate surface area is 85.8 Å². The van der Waals surface area contributed by atoms with E-state index < -0.39 is 5.82 Å². The minimum Gasteiger partial charge on any atom is -0.467 e. The maximum atomic E-state index is 13.3. The summed E-state index contributed by atoms with van der Waals surface area (Å²) in [6.45, 7) is 0. The Balaban J connectivity index is 2.42. The average molecular weight is 205 g/mol. The lowest BCUT2D eigenvalue weighted by Gasteiger charge is -2.02. The molecule has 0 N–H and O–H groups in total. The summed E-state index contributed by atoms with van der Waals surface area (Å²) >= 11 is 0. The first-order valence-corrected chi connectivity index (χ1v) is 4.27. The molecule has 0 atom stereocenters. The van der Waals surface area contributed by atoms with Crippen LogP contribution < -0.4 is 4.74 Å². The zero-order valence-corrected chi connectivity index (χ0v) is 8.01. The van der Waals surface area contributed by atoms with E-state index in [1.165, 1.54) is 25.7 Å². The van der Waals surface area contributed by atoms with Crippen molar-refractivity contribution in [2.24, 2.45) is 0 Å². The van der Waals surface area contributed by atoms with Gasteiger partial charge >= 0.3 is 6.01 Å². The predicted molar refractivity (Wildman–Crippen MR) is 51.8 cm³/mol. The van der Waals surface area contributed by atoms with Gasteiger partial charge in [0.05, 0.1) is 13.3 Å². The van der Waals surface area contributed by atoms with Gasteiger partial charge in [0.1, 0.15) is 5.82 Å². The maximum absolute atomic E-state index is 13.3. The first kappa shape index (κ1) is 9.51. The lowest BCUT2D eigenvalue weighted by atomic mass is 10.1. The van der Waals surface area contributed by atoms with Crippen LogP contribution in [0.25, 0.3) is 11.1 Å². The van der Waals surface area contributed by atoms with E-state index in [1.807, 2.05) is 0 Å². The summed E-state index contributed by atoms with van der Waals surface area (Å²) < 4.78 is 18.1. The molecule has 4 nitrogen and oxygen atoms in total. The average Bonchev–Trinajstić information content (AvgIpc) is 2.30. The third-order valence-electron chi connectivity index (χ3n) is 1.89. The molecule has 0 amide bonds. The number of nitrogens with zero attached hydrogens (tertiary/aromatic N) is 3. The van der Waals surface area contributed by atoms with Crippen molar-refractivity contribution >= 4 is 0 Å². The molecule has 2 heterocycles. The fourth-order valence-electron chi connectivity index (χ4n) is 1.17. The molecule has 15 heavy (non-hydrogen) atoms. The Morgan fingerprint density at radius 3 is 2.53 bits per heavy atom. The quantitative estimate of drug-likeness (QED) is 0.748. The van der Waals surface area contributed by atoms with Crippen molar-refractivity contribution in [1.29, 1.82) is 0 Å². The number of hydrogen-bond acceptors (Lipinski definition) is 4. The van der Waals surface area contributed by atoms with Gasteiger partial charge in [0.25, 0.3) is 0 Å². The third kappa shape index (κ3) is 1.90. The Morgan fingerprint density at radius 1 is 1.20 bits per heavy atom.